The number of halogens is 1. The van der Waals surface area contributed by atoms with E-state index in [1.54, 1.807) is 19.2 Å². The van der Waals surface area contributed by atoms with Crippen molar-refractivity contribution in [2.24, 2.45) is 0 Å². The van der Waals surface area contributed by atoms with Gasteiger partial charge in [-0.15, -0.1) is 0 Å². The van der Waals surface area contributed by atoms with Gasteiger partial charge in [-0.1, -0.05) is 29.8 Å². The molecule has 1 unspecified atom stereocenters. The van der Waals surface area contributed by atoms with Crippen molar-refractivity contribution in [2.45, 2.75) is 38.9 Å². The molecule has 2 aliphatic rings. The summed E-state index contributed by atoms with van der Waals surface area (Å²) in [6, 6.07) is 11.9. The summed E-state index contributed by atoms with van der Waals surface area (Å²) in [5.74, 6) is -1.10. The predicted molar refractivity (Wildman–Crippen MR) is 117 cm³/mol. The van der Waals surface area contributed by atoms with Crippen molar-refractivity contribution in [3.8, 4) is 0 Å². The summed E-state index contributed by atoms with van der Waals surface area (Å²) in [7, 11) is 1.64. The smallest absolute Gasteiger partial charge is 0.321 e. The molecule has 0 spiro atoms. The number of nitrogens with one attached hydrogen (secondary N) is 2. The van der Waals surface area contributed by atoms with E-state index < -0.39 is 11.9 Å². The van der Waals surface area contributed by atoms with Crippen LogP contribution in [-0.2, 0) is 22.7 Å². The molecule has 5 amide bonds. The van der Waals surface area contributed by atoms with Crippen molar-refractivity contribution >= 4 is 41.0 Å². The summed E-state index contributed by atoms with van der Waals surface area (Å²) in [4.78, 5) is 51.7. The van der Waals surface area contributed by atoms with Crippen LogP contribution in [0.5, 0.6) is 0 Å². The van der Waals surface area contributed by atoms with E-state index in [0.717, 1.165) is 5.56 Å². The fourth-order valence-electron chi connectivity index (χ4n) is 3.78. The number of amides is 5. The normalized spacial score (nSPS) is 17.5. The molecule has 8 nitrogen and oxygen atoms in total. The Morgan fingerprint density at radius 2 is 2.06 bits per heavy atom. The molecule has 2 aliphatic heterocycles. The standard InChI is InChI=1S/C23H21ClN4O4/c1-13-3-5-16(10-18(13)24)27(2)23(32)25-11-14-4-6-17-15(9-14)12-28(22(17)31)19-7-8-20(29)26-21(19)30/h3,5,9-10,19H,7-8,11-12H2,1-2H3,(H,25,32)(H,26,29,30). The number of piperidine rings is 1. The first kappa shape index (κ1) is 21.7. The maximum atomic E-state index is 12.7. The van der Waals surface area contributed by atoms with Crippen molar-refractivity contribution < 1.29 is 19.2 Å². The van der Waals surface area contributed by atoms with E-state index in [9.17, 15) is 19.2 Å². The molecule has 2 N–H and O–H groups in total. The van der Waals surface area contributed by atoms with Gasteiger partial charge in [0.2, 0.25) is 11.8 Å². The number of anilines is 1. The molecule has 2 aromatic rings. The van der Waals surface area contributed by atoms with Gasteiger partial charge in [0, 0.05) is 36.3 Å². The van der Waals surface area contributed by atoms with E-state index >= 15 is 0 Å². The maximum Gasteiger partial charge on any atom is 0.321 e. The number of fused-ring (bicyclic) bond motifs is 1. The minimum atomic E-state index is -0.681. The molecule has 1 saturated heterocycles. The second-order valence-electron chi connectivity index (χ2n) is 7.87. The van der Waals surface area contributed by atoms with Gasteiger partial charge in [-0.3, -0.25) is 24.6 Å². The summed E-state index contributed by atoms with van der Waals surface area (Å²) >= 11 is 6.14. The summed E-state index contributed by atoms with van der Waals surface area (Å²) in [6.45, 7) is 2.33. The Balaban J connectivity index is 1.41. The molecule has 9 heteroatoms. The van der Waals surface area contributed by atoms with E-state index in [4.69, 9.17) is 11.6 Å². The lowest BCUT2D eigenvalue weighted by atomic mass is 10.0. The molecule has 164 valence electrons. The first-order valence-electron chi connectivity index (χ1n) is 10.1. The minimum absolute atomic E-state index is 0.194. The van der Waals surface area contributed by atoms with E-state index in [2.05, 4.69) is 22.8 Å². The summed E-state index contributed by atoms with van der Waals surface area (Å²) in [5.41, 5.74) is 3.31. The number of carbonyl (C=O) groups is 4. The molecule has 0 bridgehead atoms. The molecule has 32 heavy (non-hydrogen) atoms. The molecule has 4 rings (SSSR count). The van der Waals surface area contributed by atoms with Gasteiger partial charge in [0.1, 0.15) is 6.04 Å². The zero-order valence-electron chi connectivity index (χ0n) is 17.6. The summed E-state index contributed by atoms with van der Waals surface area (Å²) in [5, 5.41) is 5.67. The lowest BCUT2D eigenvalue weighted by Crippen LogP contribution is -2.52. The second-order valence-corrected chi connectivity index (χ2v) is 8.28. The molecule has 2 heterocycles. The van der Waals surface area contributed by atoms with Crippen LogP contribution in [0.4, 0.5) is 10.5 Å². The van der Waals surface area contributed by atoms with Gasteiger partial charge >= 0.3 is 6.03 Å². The Kier molecular flexibility index (Phi) is 5.76. The first-order chi connectivity index (χ1) is 15.2. The fraction of sp³-hybridized carbons (Fsp3) is 0.304. The van der Waals surface area contributed by atoms with Crippen LogP contribution in [0.1, 0.15) is 39.9 Å². The van der Waals surface area contributed by atoms with Crippen LogP contribution < -0.4 is 15.5 Å². The molecular formula is C23H21ClN4O4. The van der Waals surface area contributed by atoms with Crippen LogP contribution in [0.15, 0.2) is 24.3 Å². The predicted octanol–water partition coefficient (Wildman–Crippen LogP) is 2.36. The average Bonchev–Trinajstić information content (AvgIpc) is 3.09. The molecule has 1 atom stereocenters. The summed E-state index contributed by atoms with van der Waals surface area (Å²) in [6.07, 6.45) is 0.496. The van der Waals surface area contributed by atoms with Gasteiger partial charge in [0.05, 0.1) is 12.1 Å². The number of rotatable bonds is 4. The van der Waals surface area contributed by atoms with Crippen LogP contribution in [0.2, 0.25) is 5.02 Å². The van der Waals surface area contributed by atoms with Crippen LogP contribution in [-0.4, -0.2) is 41.7 Å². The van der Waals surface area contributed by atoms with Gasteiger partial charge in [-0.05, 0) is 42.7 Å². The minimum Gasteiger partial charge on any atom is -0.333 e. The second kappa shape index (κ2) is 8.52. The van der Waals surface area contributed by atoms with Gasteiger partial charge in [0.25, 0.3) is 5.91 Å². The Morgan fingerprint density at radius 3 is 2.78 bits per heavy atom. The third kappa shape index (κ3) is 4.12. The van der Waals surface area contributed by atoms with Crippen LogP contribution >= 0.6 is 11.6 Å². The third-order valence-electron chi connectivity index (χ3n) is 5.70. The molecule has 2 aromatic carbocycles. The van der Waals surface area contributed by atoms with Gasteiger partial charge in [-0.25, -0.2) is 4.79 Å². The van der Waals surface area contributed by atoms with Gasteiger partial charge < -0.3 is 10.2 Å². The number of aryl methyl sites for hydroxylation is 1. The topological polar surface area (TPSA) is 98.8 Å². The fourth-order valence-corrected chi connectivity index (χ4v) is 3.95. The zero-order valence-corrected chi connectivity index (χ0v) is 18.4. The van der Waals surface area contributed by atoms with Crippen LogP contribution in [0.25, 0.3) is 0 Å². The monoisotopic (exact) mass is 452 g/mol. The Hall–Kier alpha value is -3.57. The SMILES string of the molecule is Cc1ccc(N(C)C(=O)NCc2c#cc3c(c2)CN(C2CCC(=O)NC2=O)C3=O)cc1Cl. The quantitative estimate of drug-likeness (QED) is 0.695. The van der Waals surface area contributed by atoms with Crippen LogP contribution in [0, 0.1) is 19.1 Å². The highest BCUT2D eigenvalue weighted by Crippen LogP contribution is 2.27. The Morgan fingerprint density at radius 1 is 1.28 bits per heavy atom. The largest absolute Gasteiger partial charge is 0.333 e. The van der Waals surface area contributed by atoms with Crippen molar-refractivity contribution in [2.75, 3.05) is 11.9 Å². The average molecular weight is 453 g/mol. The van der Waals surface area contributed by atoms with Crippen molar-refractivity contribution in [3.05, 3.63) is 63.7 Å². The Labute approximate surface area is 190 Å². The zero-order chi connectivity index (χ0) is 23.0. The number of nitrogens with zero attached hydrogens (tertiary/aromatic N) is 2. The number of hydrogen-bond donors (Lipinski definition) is 2. The van der Waals surface area contributed by atoms with Gasteiger partial charge in [-0.2, -0.15) is 0 Å². The van der Waals surface area contributed by atoms with E-state index in [1.807, 2.05) is 19.1 Å². The maximum absolute atomic E-state index is 12.7. The molecular weight excluding hydrogens is 432 g/mol. The highest BCUT2D eigenvalue weighted by molar-refractivity contribution is 6.31. The molecule has 0 aliphatic carbocycles. The molecule has 0 radical (unpaired) electrons. The Bertz CT molecular complexity index is 1130. The number of urea groups is 1. The summed E-state index contributed by atoms with van der Waals surface area (Å²) < 4.78 is 0. The lowest BCUT2D eigenvalue weighted by molar-refractivity contribution is -0.136. The first-order valence-corrected chi connectivity index (χ1v) is 10.5. The van der Waals surface area contributed by atoms with E-state index in [-0.39, 0.29) is 37.4 Å². The van der Waals surface area contributed by atoms with Gasteiger partial charge in [0.15, 0.2) is 0 Å². The van der Waals surface area contributed by atoms with Crippen molar-refractivity contribution in [1.82, 2.24) is 15.5 Å². The number of imide groups is 1. The highest BCUT2D eigenvalue weighted by Gasteiger charge is 2.39. The molecule has 1 fully saturated rings. The van der Waals surface area contributed by atoms with E-state index in [0.29, 0.717) is 33.8 Å². The number of hydrogen-bond acceptors (Lipinski definition) is 4. The van der Waals surface area contributed by atoms with Crippen molar-refractivity contribution in [1.29, 1.82) is 0 Å². The number of benzene rings is 1. The van der Waals surface area contributed by atoms with Crippen molar-refractivity contribution in [3.63, 3.8) is 0 Å². The molecule has 0 aromatic heterocycles. The number of carbonyl (C=O) groups excluding carboxylic acids is 4. The van der Waals surface area contributed by atoms with E-state index in [1.165, 1.54) is 9.80 Å². The highest BCUT2D eigenvalue weighted by atomic mass is 35.5. The molecule has 0 saturated carbocycles. The lowest BCUT2D eigenvalue weighted by Gasteiger charge is -2.29. The third-order valence-corrected chi connectivity index (χ3v) is 6.10. The van der Waals surface area contributed by atoms with Crippen LogP contribution in [0.3, 0.4) is 0 Å².